The van der Waals surface area contributed by atoms with Crippen LogP contribution in [0, 0.1) is 13.8 Å². The number of hydrogen-bond donors (Lipinski definition) is 1. The van der Waals surface area contributed by atoms with Crippen molar-refractivity contribution in [3.63, 3.8) is 0 Å². The van der Waals surface area contributed by atoms with Crippen molar-refractivity contribution in [1.29, 1.82) is 0 Å². The Labute approximate surface area is 209 Å². The number of piperazine rings is 1. The average molecular weight is 483 g/mol. The molecule has 1 aliphatic rings. The molecule has 0 unspecified atom stereocenters. The number of aromatic amines is 1. The number of aromatic nitrogens is 2. The smallest absolute Gasteiger partial charge is 0.328 e. The first-order valence-electron chi connectivity index (χ1n) is 12.3. The lowest BCUT2D eigenvalue weighted by Gasteiger charge is -2.37. The molecule has 7 nitrogen and oxygen atoms in total. The number of hydrogen-bond acceptors (Lipinski definition) is 4. The highest BCUT2D eigenvalue weighted by atomic mass is 16.2. The first-order chi connectivity index (χ1) is 17.4. The predicted molar refractivity (Wildman–Crippen MR) is 143 cm³/mol. The number of benzene rings is 3. The number of carbonyl (C=O) groups excluding carboxylic acids is 1. The average Bonchev–Trinajstić information content (AvgIpc) is 2.90. The third-order valence-electron chi connectivity index (χ3n) is 7.18. The summed E-state index contributed by atoms with van der Waals surface area (Å²) in [7, 11) is 0. The molecule has 1 fully saturated rings. The zero-order chi connectivity index (χ0) is 25.2. The second-order valence-corrected chi connectivity index (χ2v) is 9.38. The number of H-pyrrole nitrogens is 1. The number of nitrogens with zero attached hydrogens (tertiary/aromatic N) is 3. The van der Waals surface area contributed by atoms with Crippen molar-refractivity contribution in [3.8, 4) is 0 Å². The van der Waals surface area contributed by atoms with E-state index in [1.54, 1.807) is 18.2 Å². The second-order valence-electron chi connectivity index (χ2n) is 9.38. The summed E-state index contributed by atoms with van der Waals surface area (Å²) in [5.41, 5.74) is 4.86. The Balaban J connectivity index is 1.32. The SMILES string of the molecule is Cc1cccc(N2CCN(C(=O)c3ccc4c(=O)n(CCc5ccccc5)c(=O)[nH]c4c3)CC2)c1C. The van der Waals surface area contributed by atoms with Gasteiger partial charge in [-0.3, -0.25) is 14.2 Å². The molecule has 0 saturated carbocycles. The molecule has 3 aromatic carbocycles. The van der Waals surface area contributed by atoms with Crippen molar-refractivity contribution in [2.24, 2.45) is 0 Å². The van der Waals surface area contributed by atoms with E-state index in [1.807, 2.05) is 35.2 Å². The van der Waals surface area contributed by atoms with E-state index >= 15 is 0 Å². The van der Waals surface area contributed by atoms with Crippen molar-refractivity contribution < 1.29 is 4.79 Å². The normalized spacial score (nSPS) is 13.8. The summed E-state index contributed by atoms with van der Waals surface area (Å²) in [5, 5.41) is 0.402. The highest BCUT2D eigenvalue weighted by Gasteiger charge is 2.24. The van der Waals surface area contributed by atoms with Crippen molar-refractivity contribution in [1.82, 2.24) is 14.5 Å². The van der Waals surface area contributed by atoms with Crippen LogP contribution in [0.5, 0.6) is 0 Å². The monoisotopic (exact) mass is 482 g/mol. The molecular formula is C29H30N4O3. The Morgan fingerprint density at radius 2 is 1.64 bits per heavy atom. The Morgan fingerprint density at radius 3 is 2.39 bits per heavy atom. The molecule has 1 amide bonds. The number of nitrogens with one attached hydrogen (secondary N) is 1. The predicted octanol–water partition coefficient (Wildman–Crippen LogP) is 3.51. The van der Waals surface area contributed by atoms with Gasteiger partial charge in [-0.25, -0.2) is 4.79 Å². The molecule has 5 rings (SSSR count). The highest BCUT2D eigenvalue weighted by molar-refractivity contribution is 5.97. The maximum atomic E-state index is 13.2. The number of fused-ring (bicyclic) bond motifs is 1. The van der Waals surface area contributed by atoms with E-state index in [-0.39, 0.29) is 11.5 Å². The minimum atomic E-state index is -0.463. The topological polar surface area (TPSA) is 78.4 Å². The van der Waals surface area contributed by atoms with Gasteiger partial charge in [0.2, 0.25) is 0 Å². The fourth-order valence-electron chi connectivity index (χ4n) is 4.89. The number of amides is 1. The maximum Gasteiger partial charge on any atom is 0.328 e. The van der Waals surface area contributed by atoms with Crippen LogP contribution < -0.4 is 16.1 Å². The van der Waals surface area contributed by atoms with Crippen molar-refractivity contribution in [2.45, 2.75) is 26.8 Å². The van der Waals surface area contributed by atoms with Crippen LogP contribution >= 0.6 is 0 Å². The van der Waals surface area contributed by atoms with Gasteiger partial charge in [-0.05, 0) is 61.2 Å². The zero-order valence-corrected chi connectivity index (χ0v) is 20.7. The van der Waals surface area contributed by atoms with Crippen molar-refractivity contribution in [2.75, 3.05) is 31.1 Å². The number of rotatable bonds is 5. The van der Waals surface area contributed by atoms with Gasteiger partial charge >= 0.3 is 5.69 Å². The molecule has 0 atom stereocenters. The molecule has 4 aromatic rings. The molecule has 2 heterocycles. The van der Waals surface area contributed by atoms with Crippen LogP contribution in [0.15, 0.2) is 76.3 Å². The minimum Gasteiger partial charge on any atom is -0.368 e. The molecular weight excluding hydrogens is 452 g/mol. The van der Waals surface area contributed by atoms with E-state index in [2.05, 4.69) is 41.9 Å². The van der Waals surface area contributed by atoms with E-state index in [9.17, 15) is 14.4 Å². The largest absolute Gasteiger partial charge is 0.368 e. The molecule has 0 radical (unpaired) electrons. The summed E-state index contributed by atoms with van der Waals surface area (Å²) in [6.07, 6.45) is 0.583. The van der Waals surface area contributed by atoms with Crippen LogP contribution in [0.1, 0.15) is 27.0 Å². The number of carbonyl (C=O) groups is 1. The van der Waals surface area contributed by atoms with Crippen LogP contribution in [0.2, 0.25) is 0 Å². The molecule has 1 aliphatic heterocycles. The summed E-state index contributed by atoms with van der Waals surface area (Å²) >= 11 is 0. The molecule has 184 valence electrons. The van der Waals surface area contributed by atoms with Gasteiger partial charge in [0.1, 0.15) is 0 Å². The Morgan fingerprint density at radius 1 is 0.889 bits per heavy atom. The summed E-state index contributed by atoms with van der Waals surface area (Å²) < 4.78 is 1.23. The van der Waals surface area contributed by atoms with Crippen LogP contribution in [0.3, 0.4) is 0 Å². The third kappa shape index (κ3) is 4.56. The standard InChI is InChI=1S/C29H30N4O3/c1-20-7-6-10-26(21(20)2)31-15-17-32(18-16-31)27(34)23-11-12-24-25(19-23)30-29(36)33(28(24)35)14-13-22-8-4-3-5-9-22/h3-12,19H,13-18H2,1-2H3,(H,30,36). The summed E-state index contributed by atoms with van der Waals surface area (Å²) in [4.78, 5) is 45.9. The van der Waals surface area contributed by atoms with Crippen molar-refractivity contribution in [3.05, 3.63) is 110 Å². The fraction of sp³-hybridized carbons (Fsp3) is 0.276. The molecule has 1 saturated heterocycles. The highest BCUT2D eigenvalue weighted by Crippen LogP contribution is 2.24. The summed E-state index contributed by atoms with van der Waals surface area (Å²) in [5.74, 6) is -0.0911. The lowest BCUT2D eigenvalue weighted by Crippen LogP contribution is -2.49. The van der Waals surface area contributed by atoms with Crippen LogP contribution in [0.4, 0.5) is 5.69 Å². The molecule has 1 aromatic heterocycles. The maximum absolute atomic E-state index is 13.2. The van der Waals surface area contributed by atoms with Gasteiger partial charge in [-0.1, -0.05) is 42.5 Å². The molecule has 7 heteroatoms. The van der Waals surface area contributed by atoms with Crippen LogP contribution in [0.25, 0.3) is 10.9 Å². The van der Waals surface area contributed by atoms with E-state index in [0.717, 1.165) is 18.7 Å². The summed E-state index contributed by atoms with van der Waals surface area (Å²) in [6, 6.07) is 21.0. The quantitative estimate of drug-likeness (QED) is 0.472. The Bertz CT molecular complexity index is 1530. The van der Waals surface area contributed by atoms with Gasteiger partial charge in [0.25, 0.3) is 11.5 Å². The molecule has 0 spiro atoms. The van der Waals surface area contributed by atoms with Gasteiger partial charge < -0.3 is 14.8 Å². The lowest BCUT2D eigenvalue weighted by molar-refractivity contribution is 0.0747. The zero-order valence-electron chi connectivity index (χ0n) is 20.7. The Kier molecular flexibility index (Phi) is 6.46. The first kappa shape index (κ1) is 23.6. The third-order valence-corrected chi connectivity index (χ3v) is 7.18. The van der Waals surface area contributed by atoms with Gasteiger partial charge in [0.05, 0.1) is 10.9 Å². The van der Waals surface area contributed by atoms with Gasteiger partial charge in [0, 0.05) is 44.0 Å². The van der Waals surface area contributed by atoms with Gasteiger partial charge in [-0.15, -0.1) is 0 Å². The molecule has 0 aliphatic carbocycles. The lowest BCUT2D eigenvalue weighted by atomic mass is 10.1. The minimum absolute atomic E-state index is 0.0911. The first-order valence-corrected chi connectivity index (χ1v) is 12.3. The van der Waals surface area contributed by atoms with Crippen LogP contribution in [-0.2, 0) is 13.0 Å². The van der Waals surface area contributed by atoms with Gasteiger partial charge in [-0.2, -0.15) is 0 Å². The van der Waals surface area contributed by atoms with Crippen molar-refractivity contribution >= 4 is 22.5 Å². The van der Waals surface area contributed by atoms with Gasteiger partial charge in [0.15, 0.2) is 0 Å². The van der Waals surface area contributed by atoms with E-state index in [4.69, 9.17) is 0 Å². The number of anilines is 1. The second kappa shape index (κ2) is 9.85. The molecule has 1 N–H and O–H groups in total. The molecule has 0 bridgehead atoms. The van der Waals surface area contributed by atoms with E-state index in [0.29, 0.717) is 42.5 Å². The molecule has 36 heavy (non-hydrogen) atoms. The number of aryl methyl sites for hydroxylation is 2. The fourth-order valence-corrected chi connectivity index (χ4v) is 4.89. The summed E-state index contributed by atoms with van der Waals surface area (Å²) in [6.45, 7) is 7.27. The van der Waals surface area contributed by atoms with E-state index in [1.165, 1.54) is 21.4 Å². The van der Waals surface area contributed by atoms with E-state index < -0.39 is 5.69 Å². The Hall–Kier alpha value is -4.13. The van der Waals surface area contributed by atoms with Crippen LogP contribution in [-0.4, -0.2) is 46.5 Å².